The van der Waals surface area contributed by atoms with Crippen molar-refractivity contribution in [2.24, 2.45) is 0 Å². The van der Waals surface area contributed by atoms with Gasteiger partial charge in [0, 0.05) is 5.88 Å². The Morgan fingerprint density at radius 1 is 1.15 bits per heavy atom. The molecule has 0 aliphatic heterocycles. The summed E-state index contributed by atoms with van der Waals surface area (Å²) in [6, 6.07) is 8.57. The molecule has 0 spiro atoms. The highest BCUT2D eigenvalue weighted by Gasteiger charge is 1.94. The van der Waals surface area contributed by atoms with Gasteiger partial charge in [0.15, 0.2) is 0 Å². The standard InChI is InChI=1S/C12H17Cl/c1-2-3-4-6-11-7-5-8-12(9-11)10-13/h5,7-9H,2-4,6,10H2,1H3. The Hall–Kier alpha value is -0.490. The summed E-state index contributed by atoms with van der Waals surface area (Å²) in [5.74, 6) is 0.627. The van der Waals surface area contributed by atoms with Gasteiger partial charge in [0.05, 0.1) is 0 Å². The average Bonchev–Trinajstić information content (AvgIpc) is 2.19. The van der Waals surface area contributed by atoms with Crippen LogP contribution in [0, 0.1) is 0 Å². The number of unbranched alkanes of at least 4 members (excludes halogenated alkanes) is 2. The molecule has 1 heteroatoms. The van der Waals surface area contributed by atoms with E-state index in [-0.39, 0.29) is 0 Å². The lowest BCUT2D eigenvalue weighted by Crippen LogP contribution is -1.87. The molecule has 0 aliphatic rings. The summed E-state index contributed by atoms with van der Waals surface area (Å²) >= 11 is 5.76. The number of alkyl halides is 1. The van der Waals surface area contributed by atoms with Crippen molar-refractivity contribution in [3.63, 3.8) is 0 Å². The Morgan fingerprint density at radius 2 is 1.92 bits per heavy atom. The molecule has 13 heavy (non-hydrogen) atoms. The van der Waals surface area contributed by atoms with Crippen molar-refractivity contribution in [2.45, 2.75) is 38.5 Å². The second kappa shape index (κ2) is 6.04. The zero-order chi connectivity index (χ0) is 9.52. The molecule has 0 bridgehead atoms. The van der Waals surface area contributed by atoms with Crippen molar-refractivity contribution in [2.75, 3.05) is 0 Å². The topological polar surface area (TPSA) is 0 Å². The van der Waals surface area contributed by atoms with E-state index in [0.717, 1.165) is 0 Å². The van der Waals surface area contributed by atoms with E-state index in [0.29, 0.717) is 5.88 Å². The second-order valence-corrected chi connectivity index (χ2v) is 3.68. The van der Waals surface area contributed by atoms with Gasteiger partial charge in [-0.25, -0.2) is 0 Å². The van der Waals surface area contributed by atoms with E-state index in [2.05, 4.69) is 31.2 Å². The molecular weight excluding hydrogens is 180 g/mol. The number of benzene rings is 1. The van der Waals surface area contributed by atoms with Crippen LogP contribution in [0.15, 0.2) is 24.3 Å². The van der Waals surface area contributed by atoms with E-state index in [1.54, 1.807) is 0 Å². The van der Waals surface area contributed by atoms with Crippen LogP contribution in [0.5, 0.6) is 0 Å². The van der Waals surface area contributed by atoms with Gasteiger partial charge < -0.3 is 0 Å². The Bertz CT molecular complexity index is 243. The van der Waals surface area contributed by atoms with E-state index in [9.17, 15) is 0 Å². The summed E-state index contributed by atoms with van der Waals surface area (Å²) in [6.45, 7) is 2.23. The van der Waals surface area contributed by atoms with Gasteiger partial charge in [-0.1, -0.05) is 44.0 Å². The summed E-state index contributed by atoms with van der Waals surface area (Å²) in [7, 11) is 0. The highest BCUT2D eigenvalue weighted by Crippen LogP contribution is 2.10. The maximum absolute atomic E-state index is 5.76. The van der Waals surface area contributed by atoms with E-state index in [4.69, 9.17) is 11.6 Å². The molecule has 0 N–H and O–H groups in total. The number of hydrogen-bond acceptors (Lipinski definition) is 0. The van der Waals surface area contributed by atoms with Crippen LogP contribution in [0.2, 0.25) is 0 Å². The predicted molar refractivity (Wildman–Crippen MR) is 59.2 cm³/mol. The summed E-state index contributed by atoms with van der Waals surface area (Å²) < 4.78 is 0. The zero-order valence-electron chi connectivity index (χ0n) is 8.22. The molecule has 0 saturated heterocycles. The fourth-order valence-corrected chi connectivity index (χ4v) is 1.61. The van der Waals surface area contributed by atoms with Crippen LogP contribution in [-0.4, -0.2) is 0 Å². The molecule has 1 aromatic carbocycles. The monoisotopic (exact) mass is 196 g/mol. The fourth-order valence-electron chi connectivity index (χ4n) is 1.45. The fraction of sp³-hybridized carbons (Fsp3) is 0.500. The highest BCUT2D eigenvalue weighted by molar-refractivity contribution is 6.17. The summed E-state index contributed by atoms with van der Waals surface area (Å²) in [6.07, 6.45) is 5.10. The lowest BCUT2D eigenvalue weighted by atomic mass is 10.1. The Kier molecular flexibility index (Phi) is 4.92. The first-order valence-electron chi connectivity index (χ1n) is 5.00. The molecule has 72 valence electrons. The minimum Gasteiger partial charge on any atom is -0.122 e. The molecule has 0 radical (unpaired) electrons. The zero-order valence-corrected chi connectivity index (χ0v) is 8.98. The smallest absolute Gasteiger partial charge is 0.0474 e. The third-order valence-electron chi connectivity index (χ3n) is 2.21. The molecule has 0 fully saturated rings. The number of hydrogen-bond donors (Lipinski definition) is 0. The number of aryl methyl sites for hydroxylation is 1. The maximum Gasteiger partial charge on any atom is 0.0474 e. The average molecular weight is 197 g/mol. The Balaban J connectivity index is 2.46. The normalized spacial score (nSPS) is 10.3. The SMILES string of the molecule is CCCCCc1cccc(CCl)c1. The maximum atomic E-state index is 5.76. The first kappa shape index (κ1) is 10.6. The predicted octanol–water partition coefficient (Wildman–Crippen LogP) is 4.16. The molecule has 1 aromatic rings. The van der Waals surface area contributed by atoms with Gasteiger partial charge in [-0.15, -0.1) is 11.6 Å². The van der Waals surface area contributed by atoms with Gasteiger partial charge in [0.2, 0.25) is 0 Å². The van der Waals surface area contributed by atoms with Crippen LogP contribution in [-0.2, 0) is 12.3 Å². The third-order valence-corrected chi connectivity index (χ3v) is 2.52. The van der Waals surface area contributed by atoms with Crippen LogP contribution in [0.25, 0.3) is 0 Å². The van der Waals surface area contributed by atoms with Crippen molar-refractivity contribution in [3.8, 4) is 0 Å². The van der Waals surface area contributed by atoms with Gasteiger partial charge in [0.1, 0.15) is 0 Å². The molecule has 0 saturated carbocycles. The molecule has 0 amide bonds. The van der Waals surface area contributed by atoms with Gasteiger partial charge >= 0.3 is 0 Å². The minimum atomic E-state index is 0.627. The number of rotatable bonds is 5. The van der Waals surface area contributed by atoms with Crippen molar-refractivity contribution in [3.05, 3.63) is 35.4 Å². The minimum absolute atomic E-state index is 0.627. The number of halogens is 1. The summed E-state index contributed by atoms with van der Waals surface area (Å²) in [4.78, 5) is 0. The van der Waals surface area contributed by atoms with Crippen LogP contribution < -0.4 is 0 Å². The van der Waals surface area contributed by atoms with Crippen molar-refractivity contribution < 1.29 is 0 Å². The molecule has 0 nitrogen and oxygen atoms in total. The Labute approximate surface area is 85.9 Å². The van der Waals surface area contributed by atoms with Crippen molar-refractivity contribution in [1.82, 2.24) is 0 Å². The molecule has 0 aliphatic carbocycles. The summed E-state index contributed by atoms with van der Waals surface area (Å²) in [5, 5.41) is 0. The van der Waals surface area contributed by atoms with Crippen LogP contribution in [0.1, 0.15) is 37.3 Å². The second-order valence-electron chi connectivity index (χ2n) is 3.41. The van der Waals surface area contributed by atoms with Gasteiger partial charge in [-0.05, 0) is 24.0 Å². The van der Waals surface area contributed by atoms with E-state index in [1.807, 2.05) is 0 Å². The lowest BCUT2D eigenvalue weighted by Gasteiger charge is -2.02. The first-order valence-corrected chi connectivity index (χ1v) is 5.54. The molecule has 1 rings (SSSR count). The van der Waals surface area contributed by atoms with E-state index < -0.39 is 0 Å². The lowest BCUT2D eigenvalue weighted by molar-refractivity contribution is 0.717. The summed E-state index contributed by atoms with van der Waals surface area (Å²) in [5.41, 5.74) is 2.65. The van der Waals surface area contributed by atoms with Crippen LogP contribution in [0.4, 0.5) is 0 Å². The van der Waals surface area contributed by atoms with Crippen molar-refractivity contribution in [1.29, 1.82) is 0 Å². The van der Waals surface area contributed by atoms with Gasteiger partial charge in [-0.3, -0.25) is 0 Å². The quantitative estimate of drug-likeness (QED) is 0.490. The molecule has 0 heterocycles. The van der Waals surface area contributed by atoms with E-state index in [1.165, 1.54) is 36.8 Å². The Morgan fingerprint density at radius 3 is 2.62 bits per heavy atom. The largest absolute Gasteiger partial charge is 0.122 e. The van der Waals surface area contributed by atoms with Crippen LogP contribution >= 0.6 is 11.6 Å². The third kappa shape index (κ3) is 3.82. The van der Waals surface area contributed by atoms with E-state index >= 15 is 0 Å². The molecule has 0 atom stereocenters. The first-order chi connectivity index (χ1) is 6.36. The van der Waals surface area contributed by atoms with Gasteiger partial charge in [-0.2, -0.15) is 0 Å². The molecule has 0 aromatic heterocycles. The van der Waals surface area contributed by atoms with Gasteiger partial charge in [0.25, 0.3) is 0 Å². The van der Waals surface area contributed by atoms with Crippen LogP contribution in [0.3, 0.4) is 0 Å². The highest BCUT2D eigenvalue weighted by atomic mass is 35.5. The van der Waals surface area contributed by atoms with Crippen molar-refractivity contribution >= 4 is 11.6 Å². The molecule has 0 unspecified atom stereocenters. The molecular formula is C12H17Cl.